The highest BCUT2D eigenvalue weighted by Crippen LogP contribution is 2.27. The van der Waals surface area contributed by atoms with Crippen LogP contribution in [0.3, 0.4) is 0 Å². The minimum absolute atomic E-state index is 0.0828. The van der Waals surface area contributed by atoms with E-state index in [0.717, 1.165) is 0 Å². The van der Waals surface area contributed by atoms with Crippen LogP contribution in [0, 0.1) is 10.1 Å². The average molecular weight is 221 g/mol. The summed E-state index contributed by atoms with van der Waals surface area (Å²) < 4.78 is 0. The Kier molecular flexibility index (Phi) is 3.40. The molecule has 1 N–H and O–H groups in total. The van der Waals surface area contributed by atoms with Crippen molar-refractivity contribution in [2.45, 2.75) is 13.8 Å². The Morgan fingerprint density at radius 1 is 1.31 bits per heavy atom. The van der Waals surface area contributed by atoms with Gasteiger partial charge in [-0.25, -0.2) is 4.79 Å². The first-order valence-electron chi connectivity index (χ1n) is 4.59. The van der Waals surface area contributed by atoms with Gasteiger partial charge in [-0.1, -0.05) is 12.1 Å². The van der Waals surface area contributed by atoms with Crippen molar-refractivity contribution in [1.82, 2.24) is 0 Å². The number of nitrogens with zero attached hydrogens (tertiary/aromatic N) is 1. The van der Waals surface area contributed by atoms with Gasteiger partial charge in [0.05, 0.1) is 10.5 Å². The molecule has 0 fully saturated rings. The molecule has 0 unspecified atom stereocenters. The number of allylic oxidation sites excluding steroid dienone is 1. The van der Waals surface area contributed by atoms with E-state index in [0.29, 0.717) is 11.1 Å². The van der Waals surface area contributed by atoms with Gasteiger partial charge in [0, 0.05) is 11.6 Å². The number of carboxylic acid groups (broad SMARTS) is 1. The molecule has 0 atom stereocenters. The van der Waals surface area contributed by atoms with Gasteiger partial charge in [0.15, 0.2) is 0 Å². The SMILES string of the molecule is CC(C(=O)O)=C(C)c1ccccc1[N+](=O)[O-]. The van der Waals surface area contributed by atoms with Gasteiger partial charge in [0.1, 0.15) is 0 Å². The average Bonchev–Trinajstić information content (AvgIpc) is 2.26. The molecule has 0 saturated heterocycles. The Morgan fingerprint density at radius 3 is 2.38 bits per heavy atom. The van der Waals surface area contributed by atoms with Crippen molar-refractivity contribution in [3.05, 3.63) is 45.5 Å². The fraction of sp³-hybridized carbons (Fsp3) is 0.182. The molecule has 0 saturated carbocycles. The van der Waals surface area contributed by atoms with Crippen molar-refractivity contribution in [2.75, 3.05) is 0 Å². The van der Waals surface area contributed by atoms with Crippen LogP contribution in [-0.4, -0.2) is 16.0 Å². The van der Waals surface area contributed by atoms with Crippen molar-refractivity contribution in [1.29, 1.82) is 0 Å². The quantitative estimate of drug-likeness (QED) is 0.483. The Labute approximate surface area is 92.2 Å². The lowest BCUT2D eigenvalue weighted by Gasteiger charge is -2.05. The first-order chi connectivity index (χ1) is 7.45. The van der Waals surface area contributed by atoms with Crippen LogP contribution in [0.4, 0.5) is 5.69 Å². The van der Waals surface area contributed by atoms with E-state index in [1.54, 1.807) is 25.1 Å². The number of para-hydroxylation sites is 1. The smallest absolute Gasteiger partial charge is 0.331 e. The summed E-state index contributed by atoms with van der Waals surface area (Å²) in [7, 11) is 0. The third-order valence-electron chi connectivity index (χ3n) is 2.39. The van der Waals surface area contributed by atoms with Gasteiger partial charge in [-0.05, 0) is 25.5 Å². The molecule has 0 bridgehead atoms. The second-order valence-electron chi connectivity index (χ2n) is 3.33. The summed E-state index contributed by atoms with van der Waals surface area (Å²) in [6, 6.07) is 6.08. The monoisotopic (exact) mass is 221 g/mol. The van der Waals surface area contributed by atoms with Crippen LogP contribution in [0.2, 0.25) is 0 Å². The van der Waals surface area contributed by atoms with Gasteiger partial charge in [-0.15, -0.1) is 0 Å². The largest absolute Gasteiger partial charge is 0.478 e. The van der Waals surface area contributed by atoms with Crippen molar-refractivity contribution in [2.24, 2.45) is 0 Å². The van der Waals surface area contributed by atoms with E-state index in [2.05, 4.69) is 0 Å². The number of benzene rings is 1. The van der Waals surface area contributed by atoms with Crippen LogP contribution >= 0.6 is 0 Å². The molecule has 0 aromatic heterocycles. The highest BCUT2D eigenvalue weighted by Gasteiger charge is 2.16. The molecule has 1 aromatic carbocycles. The number of rotatable bonds is 3. The Balaban J connectivity index is 3.39. The van der Waals surface area contributed by atoms with Gasteiger partial charge in [0.25, 0.3) is 5.69 Å². The molecule has 0 amide bonds. The maximum absolute atomic E-state index is 10.8. The molecule has 84 valence electrons. The van der Waals surface area contributed by atoms with Gasteiger partial charge < -0.3 is 5.11 Å². The van der Waals surface area contributed by atoms with Crippen LogP contribution in [0.25, 0.3) is 5.57 Å². The number of nitro benzene ring substituents is 1. The predicted octanol–water partition coefficient (Wildman–Crippen LogP) is 2.47. The van der Waals surface area contributed by atoms with Crippen LogP contribution in [0.5, 0.6) is 0 Å². The van der Waals surface area contributed by atoms with E-state index in [9.17, 15) is 14.9 Å². The van der Waals surface area contributed by atoms with Crippen molar-refractivity contribution in [3.8, 4) is 0 Å². The fourth-order valence-electron chi connectivity index (χ4n) is 1.31. The second kappa shape index (κ2) is 4.57. The lowest BCUT2D eigenvalue weighted by atomic mass is 10.0. The highest BCUT2D eigenvalue weighted by molar-refractivity contribution is 5.96. The predicted molar refractivity (Wildman–Crippen MR) is 59.0 cm³/mol. The molecule has 5 heteroatoms. The minimum atomic E-state index is -1.07. The number of carboxylic acids is 1. The van der Waals surface area contributed by atoms with Crippen LogP contribution in [-0.2, 0) is 4.79 Å². The molecule has 0 aliphatic rings. The number of carbonyl (C=O) groups is 1. The summed E-state index contributed by atoms with van der Waals surface area (Å²) in [4.78, 5) is 21.0. The molecular weight excluding hydrogens is 210 g/mol. The maximum atomic E-state index is 10.8. The van der Waals surface area contributed by atoms with Gasteiger partial charge in [-0.3, -0.25) is 10.1 Å². The Hall–Kier alpha value is -2.17. The van der Waals surface area contributed by atoms with E-state index < -0.39 is 10.9 Å². The normalized spacial score (nSPS) is 11.9. The summed E-state index contributed by atoms with van der Waals surface area (Å²) in [5, 5.41) is 19.6. The van der Waals surface area contributed by atoms with Crippen molar-refractivity contribution >= 4 is 17.2 Å². The zero-order valence-corrected chi connectivity index (χ0v) is 8.93. The van der Waals surface area contributed by atoms with E-state index in [-0.39, 0.29) is 11.3 Å². The summed E-state index contributed by atoms with van der Waals surface area (Å²) in [5.41, 5.74) is 0.766. The Bertz CT molecular complexity index is 477. The molecule has 0 aliphatic carbocycles. The van der Waals surface area contributed by atoms with Gasteiger partial charge in [-0.2, -0.15) is 0 Å². The molecule has 1 rings (SSSR count). The number of aliphatic carboxylic acids is 1. The molecule has 0 spiro atoms. The molecule has 0 aliphatic heterocycles. The van der Waals surface area contributed by atoms with Gasteiger partial charge >= 0.3 is 5.97 Å². The van der Waals surface area contributed by atoms with E-state index in [1.807, 2.05) is 0 Å². The van der Waals surface area contributed by atoms with E-state index in [1.165, 1.54) is 13.0 Å². The molecule has 0 radical (unpaired) electrons. The zero-order valence-electron chi connectivity index (χ0n) is 8.93. The lowest BCUT2D eigenvalue weighted by molar-refractivity contribution is -0.385. The standard InChI is InChI=1S/C11H11NO4/c1-7(8(2)11(13)14)9-5-3-4-6-10(9)12(15)16/h3-6H,1-2H3,(H,13,14). The number of nitro groups is 1. The zero-order chi connectivity index (χ0) is 12.3. The number of hydrogen-bond donors (Lipinski definition) is 1. The molecule has 5 nitrogen and oxygen atoms in total. The molecular formula is C11H11NO4. The second-order valence-corrected chi connectivity index (χ2v) is 3.33. The summed E-state index contributed by atoms with van der Waals surface area (Å²) in [5.74, 6) is -1.07. The van der Waals surface area contributed by atoms with Crippen molar-refractivity contribution in [3.63, 3.8) is 0 Å². The summed E-state index contributed by atoms with van der Waals surface area (Å²) in [6.07, 6.45) is 0. The minimum Gasteiger partial charge on any atom is -0.478 e. The van der Waals surface area contributed by atoms with E-state index in [4.69, 9.17) is 5.11 Å². The third-order valence-corrected chi connectivity index (χ3v) is 2.39. The highest BCUT2D eigenvalue weighted by atomic mass is 16.6. The van der Waals surface area contributed by atoms with Crippen LogP contribution < -0.4 is 0 Å². The number of hydrogen-bond acceptors (Lipinski definition) is 3. The van der Waals surface area contributed by atoms with Crippen LogP contribution in [0.1, 0.15) is 19.4 Å². The Morgan fingerprint density at radius 2 is 1.88 bits per heavy atom. The summed E-state index contributed by atoms with van der Waals surface area (Å²) in [6.45, 7) is 2.99. The molecule has 16 heavy (non-hydrogen) atoms. The first-order valence-corrected chi connectivity index (χ1v) is 4.59. The third kappa shape index (κ3) is 2.25. The maximum Gasteiger partial charge on any atom is 0.331 e. The molecule has 0 heterocycles. The van der Waals surface area contributed by atoms with Crippen molar-refractivity contribution < 1.29 is 14.8 Å². The molecule has 1 aromatic rings. The van der Waals surface area contributed by atoms with Gasteiger partial charge in [0.2, 0.25) is 0 Å². The summed E-state index contributed by atoms with van der Waals surface area (Å²) >= 11 is 0. The van der Waals surface area contributed by atoms with E-state index >= 15 is 0 Å². The lowest BCUT2D eigenvalue weighted by Crippen LogP contribution is -2.01. The first kappa shape index (κ1) is 11.9. The van der Waals surface area contributed by atoms with Crippen LogP contribution in [0.15, 0.2) is 29.8 Å². The topological polar surface area (TPSA) is 80.4 Å². The fourth-order valence-corrected chi connectivity index (χ4v) is 1.31.